The molecule has 4 N–H and O–H groups in total. The fraction of sp³-hybridized carbons (Fsp3) is 0.167. The van der Waals surface area contributed by atoms with Crippen LogP contribution in [0.4, 0.5) is 0 Å². The Morgan fingerprint density at radius 1 is 1.64 bits per heavy atom. The van der Waals surface area contributed by atoms with Crippen molar-refractivity contribution in [2.45, 2.75) is 6.23 Å². The number of carboxylic acid groups (broad SMARTS) is 1. The van der Waals surface area contributed by atoms with E-state index in [0.717, 1.165) is 12.2 Å². The van der Waals surface area contributed by atoms with Gasteiger partial charge in [0.15, 0.2) is 5.88 Å². The van der Waals surface area contributed by atoms with Gasteiger partial charge < -0.3 is 20.6 Å². The molecule has 1 heterocycles. The monoisotopic (exact) mass is 157 g/mol. The molecule has 1 atom stereocenters. The van der Waals surface area contributed by atoms with Gasteiger partial charge in [-0.3, -0.25) is 0 Å². The summed E-state index contributed by atoms with van der Waals surface area (Å²) in [5.41, 5.74) is -0.131. The second-order valence-corrected chi connectivity index (χ2v) is 2.05. The van der Waals surface area contributed by atoms with Crippen molar-refractivity contribution in [1.29, 1.82) is 0 Å². The molecule has 11 heavy (non-hydrogen) atoms. The van der Waals surface area contributed by atoms with E-state index in [4.69, 9.17) is 15.3 Å². The van der Waals surface area contributed by atoms with Crippen molar-refractivity contribution < 1.29 is 20.1 Å². The van der Waals surface area contributed by atoms with Crippen LogP contribution in [0.15, 0.2) is 23.6 Å². The lowest BCUT2D eigenvalue weighted by molar-refractivity contribution is -0.132. The number of aliphatic hydroxyl groups is 2. The minimum atomic E-state index is -1.18. The number of carbonyl (C=O) groups is 1. The van der Waals surface area contributed by atoms with Gasteiger partial charge in [-0.25, -0.2) is 4.79 Å². The van der Waals surface area contributed by atoms with Crippen molar-refractivity contribution in [2.24, 2.45) is 0 Å². The Morgan fingerprint density at radius 2 is 2.27 bits per heavy atom. The third kappa shape index (κ3) is 1.71. The average Bonchev–Trinajstić information content (AvgIpc) is 1.85. The van der Waals surface area contributed by atoms with Crippen LogP contribution >= 0.6 is 0 Å². The Kier molecular flexibility index (Phi) is 1.82. The molecule has 1 aliphatic rings. The summed E-state index contributed by atoms with van der Waals surface area (Å²) in [5.74, 6) is -1.53. The summed E-state index contributed by atoms with van der Waals surface area (Å²) >= 11 is 0. The highest BCUT2D eigenvalue weighted by Gasteiger charge is 2.14. The summed E-state index contributed by atoms with van der Waals surface area (Å²) in [6.07, 6.45) is 0.975. The minimum Gasteiger partial charge on any atom is -0.495 e. The predicted molar refractivity (Wildman–Crippen MR) is 35.6 cm³/mol. The Morgan fingerprint density at radius 3 is 2.73 bits per heavy atom. The third-order valence-electron chi connectivity index (χ3n) is 1.17. The number of carboxylic acids is 1. The van der Waals surface area contributed by atoms with Crippen molar-refractivity contribution in [3.05, 3.63) is 23.6 Å². The Bertz CT molecular complexity index is 243. The normalized spacial score (nSPS) is 23.2. The molecule has 0 aromatic rings. The highest BCUT2D eigenvalue weighted by molar-refractivity contribution is 5.90. The SMILES string of the molecule is O=C(O)C1=CC(O)NC(O)=C1. The first kappa shape index (κ1) is 7.62. The molecule has 0 spiro atoms. The molecule has 0 bridgehead atoms. The smallest absolute Gasteiger partial charge is 0.335 e. The molecule has 0 aromatic carbocycles. The van der Waals surface area contributed by atoms with Crippen LogP contribution in [-0.4, -0.2) is 27.5 Å². The van der Waals surface area contributed by atoms with Gasteiger partial charge in [-0.1, -0.05) is 0 Å². The van der Waals surface area contributed by atoms with E-state index in [0.29, 0.717) is 0 Å². The van der Waals surface area contributed by atoms with Gasteiger partial charge in [0.25, 0.3) is 0 Å². The summed E-state index contributed by atoms with van der Waals surface area (Å²) < 4.78 is 0. The van der Waals surface area contributed by atoms with Gasteiger partial charge in [0, 0.05) is 6.08 Å². The van der Waals surface area contributed by atoms with E-state index in [-0.39, 0.29) is 11.5 Å². The van der Waals surface area contributed by atoms with E-state index in [2.05, 4.69) is 5.32 Å². The third-order valence-corrected chi connectivity index (χ3v) is 1.17. The zero-order valence-corrected chi connectivity index (χ0v) is 5.48. The topological polar surface area (TPSA) is 89.8 Å². The lowest BCUT2D eigenvalue weighted by Crippen LogP contribution is -2.30. The van der Waals surface area contributed by atoms with E-state index < -0.39 is 12.2 Å². The Balaban J connectivity index is 2.87. The Hall–Kier alpha value is -1.49. The molecule has 0 amide bonds. The van der Waals surface area contributed by atoms with Crippen molar-refractivity contribution in [3.63, 3.8) is 0 Å². The molecule has 1 aliphatic heterocycles. The number of nitrogens with one attached hydrogen (secondary N) is 1. The molecular formula is C6H7NO4. The fourth-order valence-electron chi connectivity index (χ4n) is 0.733. The average molecular weight is 157 g/mol. The summed E-state index contributed by atoms with van der Waals surface area (Å²) in [6.45, 7) is 0. The molecule has 5 nitrogen and oxygen atoms in total. The lowest BCUT2D eigenvalue weighted by atomic mass is 10.2. The van der Waals surface area contributed by atoms with E-state index in [1.165, 1.54) is 0 Å². The molecule has 1 unspecified atom stereocenters. The van der Waals surface area contributed by atoms with Crippen LogP contribution in [0, 0.1) is 0 Å². The predicted octanol–water partition coefficient (Wildman–Crippen LogP) is -0.682. The molecule has 1 rings (SSSR count). The van der Waals surface area contributed by atoms with Crippen LogP contribution in [0.3, 0.4) is 0 Å². The number of dihydropyridines is 1. The maximum Gasteiger partial charge on any atom is 0.335 e. The lowest BCUT2D eigenvalue weighted by Gasteiger charge is -2.14. The highest BCUT2D eigenvalue weighted by Crippen LogP contribution is 2.06. The first-order valence-electron chi connectivity index (χ1n) is 2.90. The standard InChI is InChI=1S/C6H7NO4/c8-4-1-3(6(10)11)2-5(9)7-4/h1-2,4,7-9H,(H,10,11). The van der Waals surface area contributed by atoms with Gasteiger partial charge >= 0.3 is 5.97 Å². The fourth-order valence-corrected chi connectivity index (χ4v) is 0.733. The quantitative estimate of drug-likeness (QED) is 0.405. The number of aliphatic hydroxyl groups excluding tert-OH is 2. The Labute approximate surface area is 62.3 Å². The molecule has 0 fully saturated rings. The zero-order valence-electron chi connectivity index (χ0n) is 5.48. The maximum absolute atomic E-state index is 10.3. The van der Waals surface area contributed by atoms with Crippen molar-refractivity contribution in [2.75, 3.05) is 0 Å². The van der Waals surface area contributed by atoms with Crippen LogP contribution in [0.2, 0.25) is 0 Å². The molecular weight excluding hydrogens is 150 g/mol. The van der Waals surface area contributed by atoms with Crippen LogP contribution < -0.4 is 5.32 Å². The molecule has 0 radical (unpaired) electrons. The molecule has 0 aliphatic carbocycles. The molecule has 0 aromatic heterocycles. The van der Waals surface area contributed by atoms with Crippen LogP contribution in [0.1, 0.15) is 0 Å². The number of hydrogen-bond acceptors (Lipinski definition) is 4. The number of hydrogen-bond donors (Lipinski definition) is 4. The second-order valence-electron chi connectivity index (χ2n) is 2.05. The van der Waals surface area contributed by atoms with Gasteiger partial charge in [0.1, 0.15) is 6.23 Å². The summed E-state index contributed by atoms with van der Waals surface area (Å²) in [7, 11) is 0. The van der Waals surface area contributed by atoms with Crippen LogP contribution in [0.25, 0.3) is 0 Å². The highest BCUT2D eigenvalue weighted by atomic mass is 16.4. The van der Waals surface area contributed by atoms with Crippen LogP contribution in [0.5, 0.6) is 0 Å². The van der Waals surface area contributed by atoms with Crippen LogP contribution in [-0.2, 0) is 4.79 Å². The van der Waals surface area contributed by atoms with Gasteiger partial charge in [-0.15, -0.1) is 0 Å². The van der Waals surface area contributed by atoms with E-state index >= 15 is 0 Å². The maximum atomic E-state index is 10.3. The number of rotatable bonds is 1. The van der Waals surface area contributed by atoms with E-state index in [1.807, 2.05) is 0 Å². The molecule has 0 saturated carbocycles. The van der Waals surface area contributed by atoms with Gasteiger partial charge in [-0.05, 0) is 6.08 Å². The summed E-state index contributed by atoms with van der Waals surface area (Å²) in [5, 5.41) is 28.2. The molecule has 0 saturated heterocycles. The second kappa shape index (κ2) is 2.63. The molecule has 60 valence electrons. The summed E-state index contributed by atoms with van der Waals surface area (Å²) in [4.78, 5) is 10.3. The van der Waals surface area contributed by atoms with E-state index in [9.17, 15) is 4.79 Å². The van der Waals surface area contributed by atoms with Gasteiger partial charge in [0.2, 0.25) is 0 Å². The first-order valence-corrected chi connectivity index (χ1v) is 2.90. The van der Waals surface area contributed by atoms with Gasteiger partial charge in [0.05, 0.1) is 5.57 Å². The van der Waals surface area contributed by atoms with Crippen molar-refractivity contribution in [3.8, 4) is 0 Å². The zero-order chi connectivity index (χ0) is 8.43. The minimum absolute atomic E-state index is 0.131. The first-order chi connectivity index (χ1) is 5.09. The van der Waals surface area contributed by atoms with Crippen molar-refractivity contribution >= 4 is 5.97 Å². The van der Waals surface area contributed by atoms with E-state index in [1.54, 1.807) is 0 Å². The van der Waals surface area contributed by atoms with Gasteiger partial charge in [-0.2, -0.15) is 0 Å². The molecule has 5 heteroatoms. The number of aliphatic carboxylic acids is 1. The largest absolute Gasteiger partial charge is 0.495 e. The van der Waals surface area contributed by atoms with Crippen molar-refractivity contribution in [1.82, 2.24) is 5.32 Å². The summed E-state index contributed by atoms with van der Waals surface area (Å²) in [6, 6.07) is 0.